The summed E-state index contributed by atoms with van der Waals surface area (Å²) in [4.78, 5) is 11.0. The molecule has 4 nitrogen and oxygen atoms in total. The Morgan fingerprint density at radius 3 is 2.57 bits per heavy atom. The third kappa shape index (κ3) is 4.15. The lowest BCUT2D eigenvalue weighted by Crippen LogP contribution is -2.19. The van der Waals surface area contributed by atoms with Crippen LogP contribution in [0, 0.1) is 0 Å². The van der Waals surface area contributed by atoms with E-state index in [4.69, 9.17) is 5.73 Å². The fraction of sp³-hybridized carbons (Fsp3) is 0.421. The van der Waals surface area contributed by atoms with Crippen molar-refractivity contribution in [2.24, 2.45) is 5.73 Å². The predicted molar refractivity (Wildman–Crippen MR) is 95.9 cm³/mol. The van der Waals surface area contributed by atoms with Crippen molar-refractivity contribution in [1.29, 1.82) is 0 Å². The number of urea groups is 1. The van der Waals surface area contributed by atoms with Crippen molar-refractivity contribution in [3.8, 4) is 0 Å². The number of nitrogens with two attached hydrogens (primary N) is 1. The molecule has 0 spiro atoms. The molecule has 0 atom stereocenters. The molecule has 0 radical (unpaired) electrons. The van der Waals surface area contributed by atoms with E-state index in [1.54, 1.807) is 0 Å². The zero-order valence-electron chi connectivity index (χ0n) is 14.4. The molecule has 0 saturated carbocycles. The van der Waals surface area contributed by atoms with E-state index >= 15 is 0 Å². The van der Waals surface area contributed by atoms with E-state index in [9.17, 15) is 4.79 Å². The molecule has 3 N–H and O–H groups in total. The van der Waals surface area contributed by atoms with Gasteiger partial charge in [-0.2, -0.15) is 0 Å². The Hall–Kier alpha value is -2.23. The first-order chi connectivity index (χ1) is 11.1. The third-order valence-electron chi connectivity index (χ3n) is 4.14. The summed E-state index contributed by atoms with van der Waals surface area (Å²) in [5, 5.41) is 2.65. The van der Waals surface area contributed by atoms with Crippen LogP contribution >= 0.6 is 0 Å². The Morgan fingerprint density at radius 1 is 1.17 bits per heavy atom. The Bertz CT molecular complexity index is 673. The summed E-state index contributed by atoms with van der Waals surface area (Å²) in [7, 11) is 0. The van der Waals surface area contributed by atoms with Gasteiger partial charge in [0.05, 0.1) is 0 Å². The summed E-state index contributed by atoms with van der Waals surface area (Å²) in [6.07, 6.45) is 4.09. The van der Waals surface area contributed by atoms with E-state index in [0.29, 0.717) is 0 Å². The highest BCUT2D eigenvalue weighted by atomic mass is 16.2. The van der Waals surface area contributed by atoms with Gasteiger partial charge in [0.2, 0.25) is 0 Å². The summed E-state index contributed by atoms with van der Waals surface area (Å²) in [6, 6.07) is 9.73. The van der Waals surface area contributed by atoms with Crippen LogP contribution in [0.15, 0.2) is 30.3 Å². The van der Waals surface area contributed by atoms with Crippen LogP contribution in [0.2, 0.25) is 0 Å². The van der Waals surface area contributed by atoms with Crippen LogP contribution in [0.25, 0.3) is 0 Å². The molecule has 1 aromatic heterocycles. The molecule has 0 saturated heterocycles. The van der Waals surface area contributed by atoms with E-state index in [2.05, 4.69) is 42.8 Å². The number of rotatable bonds is 7. The number of aromatic nitrogens is 1. The van der Waals surface area contributed by atoms with E-state index < -0.39 is 6.03 Å². The Labute approximate surface area is 138 Å². The average Bonchev–Trinajstić information content (AvgIpc) is 2.85. The molecule has 0 fully saturated rings. The highest BCUT2D eigenvalue weighted by molar-refractivity contribution is 5.87. The topological polar surface area (TPSA) is 60.1 Å². The van der Waals surface area contributed by atoms with Crippen LogP contribution in [0.5, 0.6) is 0 Å². The number of benzene rings is 1. The van der Waals surface area contributed by atoms with Gasteiger partial charge in [0, 0.05) is 30.0 Å². The maximum absolute atomic E-state index is 11.0. The van der Waals surface area contributed by atoms with Crippen molar-refractivity contribution in [3.05, 3.63) is 52.8 Å². The molecule has 2 rings (SSSR count). The average molecular weight is 313 g/mol. The number of hydrogen-bond donors (Lipinski definition) is 2. The number of nitrogens with zero attached hydrogens (tertiary/aromatic N) is 1. The van der Waals surface area contributed by atoms with Crippen molar-refractivity contribution in [2.75, 3.05) is 5.32 Å². The maximum Gasteiger partial charge on any atom is 0.316 e. The number of amides is 2. The minimum atomic E-state index is -0.529. The van der Waals surface area contributed by atoms with Crippen molar-refractivity contribution in [1.82, 2.24) is 4.57 Å². The Kier molecular flexibility index (Phi) is 5.85. The standard InChI is InChI=1S/C19H27N3O/c1-4-10-22-17(6-3)13-15(5-2)18(22)12-14-8-7-9-16(11-14)21-19(20)23/h7-9,11,13H,4-6,10,12H2,1-3H3,(H3,20,21,23). The monoisotopic (exact) mass is 313 g/mol. The van der Waals surface area contributed by atoms with Gasteiger partial charge in [0.15, 0.2) is 0 Å². The third-order valence-corrected chi connectivity index (χ3v) is 4.14. The smallest absolute Gasteiger partial charge is 0.316 e. The lowest BCUT2D eigenvalue weighted by Gasteiger charge is -2.14. The molecule has 0 unspecified atom stereocenters. The van der Waals surface area contributed by atoms with Gasteiger partial charge in [-0.25, -0.2) is 4.79 Å². The molecule has 124 valence electrons. The van der Waals surface area contributed by atoms with Gasteiger partial charge in [-0.15, -0.1) is 0 Å². The first-order valence-corrected chi connectivity index (χ1v) is 8.44. The first-order valence-electron chi connectivity index (χ1n) is 8.44. The molecule has 23 heavy (non-hydrogen) atoms. The van der Waals surface area contributed by atoms with Crippen molar-refractivity contribution in [3.63, 3.8) is 0 Å². The summed E-state index contributed by atoms with van der Waals surface area (Å²) in [6.45, 7) is 7.69. The van der Waals surface area contributed by atoms with Gasteiger partial charge >= 0.3 is 6.03 Å². The first kappa shape index (κ1) is 17.1. The van der Waals surface area contributed by atoms with Crippen LogP contribution in [0.3, 0.4) is 0 Å². The lowest BCUT2D eigenvalue weighted by atomic mass is 10.0. The molecule has 0 aliphatic carbocycles. The summed E-state index contributed by atoms with van der Waals surface area (Å²) >= 11 is 0. The highest BCUT2D eigenvalue weighted by Crippen LogP contribution is 2.23. The summed E-state index contributed by atoms with van der Waals surface area (Å²) < 4.78 is 2.47. The molecular formula is C19H27N3O. The van der Waals surface area contributed by atoms with Gasteiger partial charge in [0.25, 0.3) is 0 Å². The van der Waals surface area contributed by atoms with Crippen molar-refractivity contribution in [2.45, 2.75) is 53.0 Å². The fourth-order valence-corrected chi connectivity index (χ4v) is 3.11. The number of carbonyl (C=O) groups excluding carboxylic acids is 1. The van der Waals surface area contributed by atoms with Crippen LogP contribution < -0.4 is 11.1 Å². The van der Waals surface area contributed by atoms with Gasteiger partial charge in [-0.3, -0.25) is 0 Å². The van der Waals surface area contributed by atoms with Gasteiger partial charge in [0.1, 0.15) is 0 Å². The number of hydrogen-bond acceptors (Lipinski definition) is 1. The number of aryl methyl sites for hydroxylation is 2. The second-order valence-corrected chi connectivity index (χ2v) is 5.83. The largest absolute Gasteiger partial charge is 0.351 e. The molecule has 0 bridgehead atoms. The van der Waals surface area contributed by atoms with Crippen LogP contribution in [-0.4, -0.2) is 10.6 Å². The normalized spacial score (nSPS) is 10.7. The zero-order chi connectivity index (χ0) is 16.8. The quantitative estimate of drug-likeness (QED) is 0.794. The van der Waals surface area contributed by atoms with Crippen LogP contribution in [-0.2, 0) is 25.8 Å². The molecule has 2 aromatic rings. The number of anilines is 1. The van der Waals surface area contributed by atoms with Crippen molar-refractivity contribution < 1.29 is 4.79 Å². The zero-order valence-corrected chi connectivity index (χ0v) is 14.4. The minimum Gasteiger partial charge on any atom is -0.351 e. The molecular weight excluding hydrogens is 286 g/mol. The van der Waals surface area contributed by atoms with Crippen LogP contribution in [0.1, 0.15) is 49.7 Å². The van der Waals surface area contributed by atoms with E-state index in [0.717, 1.165) is 37.9 Å². The molecule has 1 heterocycles. The number of carbonyl (C=O) groups is 1. The van der Waals surface area contributed by atoms with Gasteiger partial charge in [-0.1, -0.05) is 32.9 Å². The minimum absolute atomic E-state index is 0.529. The Balaban J connectivity index is 2.35. The van der Waals surface area contributed by atoms with E-state index in [-0.39, 0.29) is 0 Å². The SMILES string of the molecule is CCCn1c(CC)cc(CC)c1Cc1cccc(NC(N)=O)c1. The van der Waals surface area contributed by atoms with E-state index in [1.165, 1.54) is 22.5 Å². The Morgan fingerprint density at radius 2 is 1.96 bits per heavy atom. The fourth-order valence-electron chi connectivity index (χ4n) is 3.11. The number of primary amides is 1. The summed E-state index contributed by atoms with van der Waals surface area (Å²) in [5.74, 6) is 0. The molecule has 4 heteroatoms. The molecule has 1 aromatic carbocycles. The van der Waals surface area contributed by atoms with Gasteiger partial charge < -0.3 is 15.6 Å². The lowest BCUT2D eigenvalue weighted by molar-refractivity contribution is 0.259. The highest BCUT2D eigenvalue weighted by Gasteiger charge is 2.13. The van der Waals surface area contributed by atoms with Crippen molar-refractivity contribution >= 4 is 11.7 Å². The maximum atomic E-state index is 11.0. The summed E-state index contributed by atoms with van der Waals surface area (Å²) in [5.41, 5.74) is 11.4. The second-order valence-electron chi connectivity index (χ2n) is 5.83. The second kappa shape index (κ2) is 7.86. The number of nitrogens with one attached hydrogen (secondary N) is 1. The van der Waals surface area contributed by atoms with Crippen LogP contribution in [0.4, 0.5) is 10.5 Å². The molecule has 0 aliphatic rings. The van der Waals surface area contributed by atoms with E-state index in [1.807, 2.05) is 18.2 Å². The van der Waals surface area contributed by atoms with Gasteiger partial charge in [-0.05, 0) is 48.6 Å². The molecule has 2 amide bonds. The molecule has 0 aliphatic heterocycles. The predicted octanol–water partition coefficient (Wildman–Crippen LogP) is 4.10.